The highest BCUT2D eigenvalue weighted by atomic mass is 16.6. The van der Waals surface area contributed by atoms with Gasteiger partial charge >= 0.3 is 6.09 Å². The van der Waals surface area contributed by atoms with E-state index < -0.39 is 5.60 Å². The maximum absolute atomic E-state index is 13.3. The predicted octanol–water partition coefficient (Wildman–Crippen LogP) is 4.89. The fourth-order valence-corrected chi connectivity index (χ4v) is 5.65. The number of rotatable bonds is 8. The number of anilines is 1. The normalized spacial score (nSPS) is 18.3. The van der Waals surface area contributed by atoms with Crippen molar-refractivity contribution in [3.8, 4) is 17.0 Å². The lowest BCUT2D eigenvalue weighted by Gasteiger charge is -2.43. The molecule has 1 saturated heterocycles. The average Bonchev–Trinajstić information content (AvgIpc) is 3.42. The number of nitrogens with zero attached hydrogens (tertiary/aromatic N) is 7. The third-order valence-electron chi connectivity index (χ3n) is 8.29. The number of piperidine rings is 1. The molecule has 1 aliphatic heterocycles. The van der Waals surface area contributed by atoms with Gasteiger partial charge < -0.3 is 19.3 Å². The van der Waals surface area contributed by atoms with E-state index in [0.717, 1.165) is 55.7 Å². The highest BCUT2D eigenvalue weighted by molar-refractivity contribution is 5.69. The van der Waals surface area contributed by atoms with E-state index in [1.165, 1.54) is 6.42 Å². The van der Waals surface area contributed by atoms with Gasteiger partial charge in [-0.15, -0.1) is 5.10 Å². The van der Waals surface area contributed by atoms with Crippen LogP contribution < -0.4 is 15.2 Å². The number of pyridine rings is 2. The number of carbonyl (C=O) groups is 1. The molecular weight excluding hydrogens is 534 g/mol. The Kier molecular flexibility index (Phi) is 8.56. The van der Waals surface area contributed by atoms with Crippen molar-refractivity contribution in [3.05, 3.63) is 52.8 Å². The molecule has 2 aliphatic rings. The van der Waals surface area contributed by atoms with Crippen LogP contribution in [0.15, 0.2) is 41.6 Å². The summed E-state index contributed by atoms with van der Waals surface area (Å²) in [5.41, 5.74) is 2.42. The quantitative estimate of drug-likeness (QED) is 0.372. The van der Waals surface area contributed by atoms with Crippen molar-refractivity contribution in [1.29, 1.82) is 0 Å². The molecule has 0 aromatic carbocycles. The van der Waals surface area contributed by atoms with Crippen molar-refractivity contribution >= 4 is 11.8 Å². The fourth-order valence-electron chi connectivity index (χ4n) is 5.65. The third-order valence-corrected chi connectivity index (χ3v) is 8.29. The average molecular weight is 578 g/mol. The zero-order chi connectivity index (χ0) is 30.0. The molecule has 0 N–H and O–H groups in total. The number of methoxy groups -OCH3 is 1. The molecule has 2 fully saturated rings. The number of ether oxygens (including phenoxy) is 2. The number of hydrogen-bond donors (Lipinski definition) is 0. The van der Waals surface area contributed by atoms with Crippen LogP contribution in [0.5, 0.6) is 5.75 Å². The van der Waals surface area contributed by atoms with Gasteiger partial charge in [-0.3, -0.25) is 14.3 Å². The highest BCUT2D eigenvalue weighted by Gasteiger charge is 2.34. The molecule has 3 aromatic rings. The van der Waals surface area contributed by atoms with E-state index in [0.29, 0.717) is 23.9 Å². The van der Waals surface area contributed by atoms with Gasteiger partial charge in [0.05, 0.1) is 25.0 Å². The zero-order valence-electron chi connectivity index (χ0n) is 25.6. The standard InChI is InChI=1S/C31H43N7O4/c1-21-28(41-6)15-24(17-32-21)27-20-38(34-33-27)22(2)36-14-12-25(16-29(36)39)35-13-8-11-26(19-35)37(18-23-9-7-10-23)30(40)42-31(3,4)5/h12,14-17,20,22-23,26H,7-11,13,18-19H2,1-6H3/t22?,26-/m1/s1. The molecule has 0 spiro atoms. The molecule has 1 aliphatic carbocycles. The molecule has 1 unspecified atom stereocenters. The summed E-state index contributed by atoms with van der Waals surface area (Å²) in [5.74, 6) is 1.22. The van der Waals surface area contributed by atoms with Gasteiger partial charge in [0.15, 0.2) is 0 Å². The van der Waals surface area contributed by atoms with Crippen molar-refractivity contribution in [1.82, 2.24) is 29.4 Å². The minimum Gasteiger partial charge on any atom is -0.495 e. The number of aryl methyl sites for hydroxylation is 1. The molecular formula is C31H43N7O4. The summed E-state index contributed by atoms with van der Waals surface area (Å²) >= 11 is 0. The van der Waals surface area contributed by atoms with Gasteiger partial charge in [0, 0.05) is 49.3 Å². The lowest BCUT2D eigenvalue weighted by molar-refractivity contribution is 0.00736. The maximum Gasteiger partial charge on any atom is 0.410 e. The molecule has 4 heterocycles. The van der Waals surface area contributed by atoms with Crippen LogP contribution in [0.3, 0.4) is 0 Å². The van der Waals surface area contributed by atoms with E-state index >= 15 is 0 Å². The fraction of sp³-hybridized carbons (Fsp3) is 0.581. The van der Waals surface area contributed by atoms with E-state index in [1.54, 1.807) is 34.8 Å². The van der Waals surface area contributed by atoms with Crippen molar-refractivity contribution in [3.63, 3.8) is 0 Å². The van der Waals surface area contributed by atoms with Gasteiger partial charge in [0.25, 0.3) is 5.56 Å². The first-order valence-electron chi connectivity index (χ1n) is 14.9. The van der Waals surface area contributed by atoms with Crippen LogP contribution in [0.25, 0.3) is 11.3 Å². The maximum atomic E-state index is 13.3. The number of carbonyl (C=O) groups excluding carboxylic acids is 1. The summed E-state index contributed by atoms with van der Waals surface area (Å²) < 4.78 is 14.5. The van der Waals surface area contributed by atoms with Crippen LogP contribution in [-0.4, -0.2) is 73.9 Å². The summed E-state index contributed by atoms with van der Waals surface area (Å²) in [4.78, 5) is 35.1. The molecule has 1 amide bonds. The molecule has 42 heavy (non-hydrogen) atoms. The number of amides is 1. The van der Waals surface area contributed by atoms with E-state index in [1.807, 2.05) is 57.8 Å². The Labute approximate surface area is 247 Å². The van der Waals surface area contributed by atoms with Crippen LogP contribution in [0.2, 0.25) is 0 Å². The Bertz CT molecular complexity index is 1460. The first-order chi connectivity index (χ1) is 20.0. The molecule has 3 aromatic heterocycles. The topological polar surface area (TPSA) is 108 Å². The van der Waals surface area contributed by atoms with Gasteiger partial charge in [-0.25, -0.2) is 9.48 Å². The Morgan fingerprint density at radius 2 is 1.98 bits per heavy atom. The van der Waals surface area contributed by atoms with Crippen molar-refractivity contribution < 1.29 is 14.3 Å². The molecule has 0 bridgehead atoms. The van der Waals surface area contributed by atoms with Gasteiger partial charge in [-0.1, -0.05) is 11.6 Å². The minimum atomic E-state index is -0.542. The second-order valence-electron chi connectivity index (χ2n) is 12.5. The Hall–Kier alpha value is -3.89. The van der Waals surface area contributed by atoms with Gasteiger partial charge in [-0.05, 0) is 78.4 Å². The summed E-state index contributed by atoms with van der Waals surface area (Å²) in [6, 6.07) is 5.56. The van der Waals surface area contributed by atoms with Gasteiger partial charge in [0.2, 0.25) is 0 Å². The second-order valence-corrected chi connectivity index (χ2v) is 12.5. The third kappa shape index (κ3) is 6.60. The lowest BCUT2D eigenvalue weighted by atomic mass is 9.84. The number of hydrogen-bond acceptors (Lipinski definition) is 8. The SMILES string of the molecule is COc1cc(-c2cn(C(C)n3ccc(N4CCC[C@@H](N(CC5CCC5)C(=O)OC(C)(C)C)C4)cc3=O)nn2)cnc1C. The van der Waals surface area contributed by atoms with Gasteiger partial charge in [0.1, 0.15) is 23.2 Å². The Morgan fingerprint density at radius 1 is 1.19 bits per heavy atom. The smallest absolute Gasteiger partial charge is 0.410 e. The molecule has 1 saturated carbocycles. The summed E-state index contributed by atoms with van der Waals surface area (Å²) in [5, 5.41) is 8.59. The first kappa shape index (κ1) is 29.6. The van der Waals surface area contributed by atoms with Crippen LogP contribution in [0.1, 0.15) is 71.7 Å². The largest absolute Gasteiger partial charge is 0.495 e. The molecule has 11 nitrogen and oxygen atoms in total. The Balaban J connectivity index is 1.30. The van der Waals surface area contributed by atoms with Crippen molar-refractivity contribution in [2.45, 2.75) is 84.5 Å². The monoisotopic (exact) mass is 577 g/mol. The zero-order valence-corrected chi connectivity index (χ0v) is 25.6. The highest BCUT2D eigenvalue weighted by Crippen LogP contribution is 2.31. The first-order valence-corrected chi connectivity index (χ1v) is 14.9. The van der Waals surface area contributed by atoms with Crippen LogP contribution in [0, 0.1) is 12.8 Å². The van der Waals surface area contributed by atoms with Crippen molar-refractivity contribution in [2.75, 3.05) is 31.6 Å². The summed E-state index contributed by atoms with van der Waals surface area (Å²) in [6.07, 6.45) is 10.1. The van der Waals surface area contributed by atoms with Crippen LogP contribution >= 0.6 is 0 Å². The number of aromatic nitrogens is 5. The summed E-state index contributed by atoms with van der Waals surface area (Å²) in [6.45, 7) is 11.8. The molecule has 226 valence electrons. The van der Waals surface area contributed by atoms with Crippen molar-refractivity contribution in [2.24, 2.45) is 5.92 Å². The van der Waals surface area contributed by atoms with E-state index in [-0.39, 0.29) is 23.9 Å². The molecule has 2 atom stereocenters. The van der Waals surface area contributed by atoms with Gasteiger partial charge in [-0.2, -0.15) is 0 Å². The van der Waals surface area contributed by atoms with E-state index in [4.69, 9.17) is 9.47 Å². The molecule has 0 radical (unpaired) electrons. The van der Waals surface area contributed by atoms with Crippen LogP contribution in [-0.2, 0) is 4.74 Å². The molecule has 11 heteroatoms. The lowest BCUT2D eigenvalue weighted by Crippen LogP contribution is -2.53. The molecule has 5 rings (SSSR count). The Morgan fingerprint density at radius 3 is 2.64 bits per heavy atom. The van der Waals surface area contributed by atoms with Crippen LogP contribution in [0.4, 0.5) is 10.5 Å². The second kappa shape index (κ2) is 12.1. The van der Waals surface area contributed by atoms with E-state index in [9.17, 15) is 9.59 Å². The predicted molar refractivity (Wildman–Crippen MR) is 161 cm³/mol. The summed E-state index contributed by atoms with van der Waals surface area (Å²) in [7, 11) is 1.61. The van der Waals surface area contributed by atoms with E-state index in [2.05, 4.69) is 20.2 Å². The minimum absolute atomic E-state index is 0.0408.